The number of rotatable bonds is 2. The van der Waals surface area contributed by atoms with E-state index in [0.717, 1.165) is 11.1 Å². The Morgan fingerprint density at radius 3 is 1.43 bits per heavy atom. The van der Waals surface area contributed by atoms with Gasteiger partial charge in [-0.25, -0.2) is 18.2 Å². The van der Waals surface area contributed by atoms with E-state index in [4.69, 9.17) is 9.78 Å². The van der Waals surface area contributed by atoms with Crippen molar-refractivity contribution in [3.8, 4) is 0 Å². The zero-order valence-electron chi connectivity index (χ0n) is 12.6. The van der Waals surface area contributed by atoms with Gasteiger partial charge in [0.1, 0.15) is 11.2 Å². The highest BCUT2D eigenvalue weighted by Crippen LogP contribution is 2.49. The molecule has 0 N–H and O–H groups in total. The van der Waals surface area contributed by atoms with E-state index in [1.165, 1.54) is 0 Å². The van der Waals surface area contributed by atoms with Gasteiger partial charge < -0.3 is 0 Å². The Morgan fingerprint density at radius 1 is 0.696 bits per heavy atom. The number of hydrogen-bond acceptors (Lipinski definition) is 4. The lowest BCUT2D eigenvalue weighted by atomic mass is 9.82. The summed E-state index contributed by atoms with van der Waals surface area (Å²) in [4.78, 5) is 11.6. The monoisotopic (exact) mass is 330 g/mol. The average molecular weight is 330 g/mol. The van der Waals surface area contributed by atoms with Crippen molar-refractivity contribution >= 4 is 9.84 Å². The molecular weight excluding hydrogens is 312 g/mol. The Morgan fingerprint density at radius 2 is 1.09 bits per heavy atom. The van der Waals surface area contributed by atoms with Crippen LogP contribution in [0.2, 0.25) is 0 Å². The van der Waals surface area contributed by atoms with Gasteiger partial charge in [-0.2, -0.15) is 0 Å². The van der Waals surface area contributed by atoms with Crippen LogP contribution in [0.3, 0.4) is 0 Å². The molecule has 0 aliphatic carbocycles. The summed E-state index contributed by atoms with van der Waals surface area (Å²) < 4.78 is 25.5. The fourth-order valence-electron chi connectivity index (χ4n) is 3.64. The zero-order chi connectivity index (χ0) is 16.0. The van der Waals surface area contributed by atoms with Crippen LogP contribution in [0.4, 0.5) is 0 Å². The Bertz CT molecular complexity index is 728. The minimum atomic E-state index is -3.32. The molecule has 2 unspecified atom stereocenters. The lowest BCUT2D eigenvalue weighted by Crippen LogP contribution is -2.43. The van der Waals surface area contributed by atoms with Gasteiger partial charge in [0.2, 0.25) is 0 Å². The molecule has 23 heavy (non-hydrogen) atoms. The van der Waals surface area contributed by atoms with Gasteiger partial charge in [0.15, 0.2) is 9.84 Å². The Balaban J connectivity index is 1.80. The van der Waals surface area contributed by atoms with Crippen molar-refractivity contribution in [2.24, 2.45) is 0 Å². The van der Waals surface area contributed by atoms with Gasteiger partial charge in [-0.1, -0.05) is 60.7 Å². The largest absolute Gasteiger partial charge is 0.229 e. The Labute approximate surface area is 135 Å². The van der Waals surface area contributed by atoms with Gasteiger partial charge >= 0.3 is 0 Å². The third kappa shape index (κ3) is 2.49. The first kappa shape index (κ1) is 14.9. The maximum Gasteiger partial charge on any atom is 0.156 e. The topological polar surface area (TPSA) is 52.6 Å². The highest BCUT2D eigenvalue weighted by Gasteiger charge is 2.55. The summed E-state index contributed by atoms with van der Waals surface area (Å²) in [5.74, 6) is -0.0861. The molecule has 120 valence electrons. The fourth-order valence-corrected chi connectivity index (χ4v) is 5.88. The number of benzene rings is 2. The molecule has 2 aromatic carbocycles. The highest BCUT2D eigenvalue weighted by atomic mass is 32.2. The summed E-state index contributed by atoms with van der Waals surface area (Å²) in [6, 6.07) is 19.0. The Hall–Kier alpha value is -1.69. The number of fused-ring (bicyclic) bond motifs is 4. The normalized spacial score (nSPS) is 32.3. The lowest BCUT2D eigenvalue weighted by molar-refractivity contribution is -0.438. The average Bonchev–Trinajstić information content (AvgIpc) is 2.78. The third-order valence-electron chi connectivity index (χ3n) is 4.80. The summed E-state index contributed by atoms with van der Waals surface area (Å²) in [7, 11) is -3.32. The van der Waals surface area contributed by atoms with Gasteiger partial charge in [0, 0.05) is 0 Å². The molecule has 0 saturated carbocycles. The first-order valence-electron chi connectivity index (χ1n) is 7.72. The summed E-state index contributed by atoms with van der Waals surface area (Å²) in [5.41, 5.74) is -0.108. The molecule has 3 heterocycles. The van der Waals surface area contributed by atoms with Crippen LogP contribution >= 0.6 is 0 Å². The molecule has 2 atom stereocenters. The summed E-state index contributed by atoms with van der Waals surface area (Å²) in [6.07, 6.45) is 1.23. The van der Waals surface area contributed by atoms with Gasteiger partial charge in [-0.3, -0.25) is 0 Å². The van der Waals surface area contributed by atoms with Crippen molar-refractivity contribution in [1.29, 1.82) is 0 Å². The molecular formula is C18H18O4S. The zero-order valence-corrected chi connectivity index (χ0v) is 13.5. The van der Waals surface area contributed by atoms with Crippen molar-refractivity contribution < 1.29 is 18.2 Å². The molecule has 3 saturated heterocycles. The van der Waals surface area contributed by atoms with Gasteiger partial charge in [-0.15, -0.1) is 0 Å². The lowest BCUT2D eigenvalue weighted by Gasteiger charge is -2.40. The van der Waals surface area contributed by atoms with E-state index in [1.807, 2.05) is 60.7 Å². The van der Waals surface area contributed by atoms with Crippen molar-refractivity contribution in [3.05, 3.63) is 71.8 Å². The standard InChI is InChI=1S/C18H18O4S/c19-23(20)13-17(15-7-3-1-4-8-15)11-12-18(14-23,22-21-17)16-9-5-2-6-10-16/h1-10H,11-14H2. The van der Waals surface area contributed by atoms with Gasteiger partial charge in [0.25, 0.3) is 0 Å². The second-order valence-electron chi connectivity index (χ2n) is 6.42. The van der Waals surface area contributed by atoms with E-state index < -0.39 is 21.0 Å². The maximum absolute atomic E-state index is 12.7. The predicted molar refractivity (Wildman–Crippen MR) is 86.3 cm³/mol. The van der Waals surface area contributed by atoms with Crippen LogP contribution in [0.5, 0.6) is 0 Å². The molecule has 4 nitrogen and oxygen atoms in total. The molecule has 3 aliphatic heterocycles. The van der Waals surface area contributed by atoms with Crippen molar-refractivity contribution in [2.45, 2.75) is 24.0 Å². The van der Waals surface area contributed by atoms with Crippen LogP contribution in [0.1, 0.15) is 24.0 Å². The summed E-state index contributed by atoms with van der Waals surface area (Å²) >= 11 is 0. The van der Waals surface area contributed by atoms with Gasteiger partial charge in [0.05, 0.1) is 11.5 Å². The van der Waals surface area contributed by atoms with E-state index in [-0.39, 0.29) is 11.5 Å². The van der Waals surface area contributed by atoms with E-state index in [2.05, 4.69) is 0 Å². The molecule has 2 bridgehead atoms. The molecule has 0 amide bonds. The Kier molecular flexibility index (Phi) is 3.34. The number of sulfone groups is 1. The molecule has 0 aromatic heterocycles. The van der Waals surface area contributed by atoms with Crippen LogP contribution in [-0.4, -0.2) is 19.9 Å². The molecule has 5 heteroatoms. The van der Waals surface area contributed by atoms with Crippen LogP contribution < -0.4 is 0 Å². The third-order valence-corrected chi connectivity index (χ3v) is 6.61. The molecule has 0 spiro atoms. The van der Waals surface area contributed by atoms with Crippen LogP contribution in [0.15, 0.2) is 60.7 Å². The molecule has 2 aromatic rings. The van der Waals surface area contributed by atoms with E-state index in [9.17, 15) is 8.42 Å². The van der Waals surface area contributed by atoms with E-state index >= 15 is 0 Å². The minimum absolute atomic E-state index is 0.0431. The van der Waals surface area contributed by atoms with Crippen LogP contribution in [0, 0.1) is 0 Å². The molecule has 3 fully saturated rings. The smallest absolute Gasteiger partial charge is 0.156 e. The SMILES string of the molecule is O=S1(=O)CC2(c3ccccc3)CCC(c3ccccc3)(C1)OO2. The van der Waals surface area contributed by atoms with Crippen LogP contribution in [-0.2, 0) is 30.8 Å². The van der Waals surface area contributed by atoms with Gasteiger partial charge in [-0.05, 0) is 24.0 Å². The quantitative estimate of drug-likeness (QED) is 0.795. The molecule has 5 rings (SSSR count). The van der Waals surface area contributed by atoms with E-state index in [0.29, 0.717) is 12.8 Å². The van der Waals surface area contributed by atoms with Crippen molar-refractivity contribution in [2.75, 3.05) is 11.5 Å². The maximum atomic E-state index is 12.7. The second kappa shape index (κ2) is 5.16. The first-order chi connectivity index (χ1) is 11.0. The highest BCUT2D eigenvalue weighted by molar-refractivity contribution is 7.91. The van der Waals surface area contributed by atoms with Crippen molar-refractivity contribution in [3.63, 3.8) is 0 Å². The summed E-state index contributed by atoms with van der Waals surface area (Å²) in [5, 5.41) is 0. The minimum Gasteiger partial charge on any atom is -0.229 e. The van der Waals surface area contributed by atoms with Crippen molar-refractivity contribution in [1.82, 2.24) is 0 Å². The molecule has 3 aliphatic rings. The molecule has 0 radical (unpaired) electrons. The fraction of sp³-hybridized carbons (Fsp3) is 0.333. The first-order valence-corrected chi connectivity index (χ1v) is 9.54. The number of hydrogen-bond donors (Lipinski definition) is 0. The van der Waals surface area contributed by atoms with Crippen LogP contribution in [0.25, 0.3) is 0 Å². The second-order valence-corrected chi connectivity index (χ2v) is 8.48. The summed E-state index contributed by atoms with van der Waals surface area (Å²) in [6.45, 7) is 0. The van der Waals surface area contributed by atoms with E-state index in [1.54, 1.807) is 0 Å². The predicted octanol–water partition coefficient (Wildman–Crippen LogP) is 2.95.